The van der Waals surface area contributed by atoms with Gasteiger partial charge >= 0.3 is 0 Å². The van der Waals surface area contributed by atoms with Crippen molar-refractivity contribution in [2.75, 3.05) is 5.32 Å². The predicted molar refractivity (Wildman–Crippen MR) is 94.2 cm³/mol. The molecule has 0 aliphatic heterocycles. The Morgan fingerprint density at radius 3 is 2.77 bits per heavy atom. The summed E-state index contributed by atoms with van der Waals surface area (Å²) in [5.41, 5.74) is 1.57. The van der Waals surface area contributed by atoms with Gasteiger partial charge in [-0.1, -0.05) is 17.8 Å². The van der Waals surface area contributed by atoms with Gasteiger partial charge in [-0.15, -0.1) is 5.10 Å². The molecule has 130 valence electrons. The minimum atomic E-state index is -0.496. The van der Waals surface area contributed by atoms with Crippen LogP contribution in [0.4, 0.5) is 10.1 Å². The Bertz CT molecular complexity index is 966. The number of carbonyl (C=O) groups is 1. The van der Waals surface area contributed by atoms with Crippen LogP contribution in [0.5, 0.6) is 0 Å². The van der Waals surface area contributed by atoms with E-state index in [1.807, 2.05) is 6.07 Å². The molecule has 0 bridgehead atoms. The molecule has 0 aliphatic carbocycles. The van der Waals surface area contributed by atoms with E-state index in [-0.39, 0.29) is 5.91 Å². The highest BCUT2D eigenvalue weighted by Gasteiger charge is 2.19. The fourth-order valence-electron chi connectivity index (χ4n) is 2.11. The first-order valence-corrected chi connectivity index (χ1v) is 8.47. The van der Waals surface area contributed by atoms with Crippen molar-refractivity contribution in [3.8, 4) is 11.8 Å². The lowest BCUT2D eigenvalue weighted by Crippen LogP contribution is -2.22. The summed E-state index contributed by atoms with van der Waals surface area (Å²) in [6.07, 6.45) is 0. The molecule has 1 aromatic heterocycles. The molecule has 1 atom stereocenters. The van der Waals surface area contributed by atoms with E-state index in [4.69, 9.17) is 5.26 Å². The van der Waals surface area contributed by atoms with E-state index in [1.165, 1.54) is 16.8 Å². The molecule has 1 N–H and O–H groups in total. The Kier molecular flexibility index (Phi) is 5.24. The van der Waals surface area contributed by atoms with E-state index in [1.54, 1.807) is 43.3 Å². The zero-order valence-corrected chi connectivity index (χ0v) is 14.4. The molecule has 0 aliphatic rings. The SMILES string of the molecule is C[C@H](Sc1nnnn1-c1cccc(F)c1)C(=O)Nc1ccc(C#N)cc1. The Balaban J connectivity index is 1.70. The molecular weight excluding hydrogens is 355 g/mol. The number of nitrogens with zero attached hydrogens (tertiary/aromatic N) is 5. The van der Waals surface area contributed by atoms with Crippen LogP contribution in [-0.2, 0) is 4.79 Å². The van der Waals surface area contributed by atoms with Crippen LogP contribution in [0.25, 0.3) is 5.69 Å². The number of tetrazole rings is 1. The summed E-state index contributed by atoms with van der Waals surface area (Å²) in [7, 11) is 0. The van der Waals surface area contributed by atoms with Crippen LogP contribution in [0.3, 0.4) is 0 Å². The number of halogens is 1. The lowest BCUT2D eigenvalue weighted by atomic mass is 10.2. The van der Waals surface area contributed by atoms with Gasteiger partial charge < -0.3 is 5.32 Å². The highest BCUT2D eigenvalue weighted by atomic mass is 32.2. The molecule has 0 spiro atoms. The summed E-state index contributed by atoms with van der Waals surface area (Å²) in [4.78, 5) is 12.4. The zero-order chi connectivity index (χ0) is 18.5. The van der Waals surface area contributed by atoms with E-state index in [9.17, 15) is 9.18 Å². The molecular formula is C17H13FN6OS. The number of anilines is 1. The van der Waals surface area contributed by atoms with Gasteiger partial charge in [0.2, 0.25) is 11.1 Å². The van der Waals surface area contributed by atoms with E-state index < -0.39 is 11.1 Å². The number of nitrogens with one attached hydrogen (secondary N) is 1. The Labute approximate surface area is 152 Å². The van der Waals surface area contributed by atoms with E-state index in [2.05, 4.69) is 20.8 Å². The first-order chi connectivity index (χ1) is 12.6. The molecule has 0 saturated carbocycles. The number of amides is 1. The Morgan fingerprint density at radius 2 is 2.08 bits per heavy atom. The third-order valence-electron chi connectivity index (χ3n) is 3.43. The van der Waals surface area contributed by atoms with Crippen molar-refractivity contribution in [1.82, 2.24) is 20.2 Å². The van der Waals surface area contributed by atoms with Gasteiger partial charge in [-0.05, 0) is 59.8 Å². The molecule has 0 saturated heterocycles. The van der Waals surface area contributed by atoms with Gasteiger partial charge in [-0.3, -0.25) is 4.79 Å². The van der Waals surface area contributed by atoms with E-state index in [0.717, 1.165) is 11.8 Å². The van der Waals surface area contributed by atoms with Gasteiger partial charge in [0.15, 0.2) is 0 Å². The van der Waals surface area contributed by atoms with Crippen LogP contribution in [0.2, 0.25) is 0 Å². The third kappa shape index (κ3) is 4.04. The molecule has 0 radical (unpaired) electrons. The molecule has 0 unspecified atom stereocenters. The molecule has 3 aromatic rings. The second-order valence-electron chi connectivity index (χ2n) is 5.29. The molecule has 1 amide bonds. The monoisotopic (exact) mass is 368 g/mol. The minimum Gasteiger partial charge on any atom is -0.325 e. The van der Waals surface area contributed by atoms with Crippen molar-refractivity contribution in [1.29, 1.82) is 5.26 Å². The summed E-state index contributed by atoms with van der Waals surface area (Å²) in [6.45, 7) is 1.72. The fraction of sp³-hybridized carbons (Fsp3) is 0.118. The lowest BCUT2D eigenvalue weighted by Gasteiger charge is -2.11. The maximum Gasteiger partial charge on any atom is 0.237 e. The lowest BCUT2D eigenvalue weighted by molar-refractivity contribution is -0.115. The van der Waals surface area contributed by atoms with Crippen molar-refractivity contribution in [3.63, 3.8) is 0 Å². The first kappa shape index (κ1) is 17.6. The predicted octanol–water partition coefficient (Wildman–Crippen LogP) is 2.79. The summed E-state index contributed by atoms with van der Waals surface area (Å²) in [5, 5.41) is 22.8. The highest BCUT2D eigenvalue weighted by molar-refractivity contribution is 8.00. The topological polar surface area (TPSA) is 96.5 Å². The average Bonchev–Trinajstić information content (AvgIpc) is 3.10. The Hall–Kier alpha value is -3.25. The summed E-state index contributed by atoms with van der Waals surface area (Å²) in [6, 6.07) is 14.4. The second-order valence-corrected chi connectivity index (χ2v) is 6.60. The van der Waals surface area contributed by atoms with Crippen molar-refractivity contribution in [2.45, 2.75) is 17.3 Å². The van der Waals surface area contributed by atoms with Crippen molar-refractivity contribution < 1.29 is 9.18 Å². The van der Waals surface area contributed by atoms with E-state index >= 15 is 0 Å². The van der Waals surface area contributed by atoms with Crippen LogP contribution >= 0.6 is 11.8 Å². The second kappa shape index (κ2) is 7.76. The van der Waals surface area contributed by atoms with Crippen LogP contribution in [-0.4, -0.2) is 31.4 Å². The van der Waals surface area contributed by atoms with Crippen LogP contribution in [0.1, 0.15) is 12.5 Å². The molecule has 2 aromatic carbocycles. The normalized spacial score (nSPS) is 11.6. The number of hydrogen-bond acceptors (Lipinski definition) is 6. The zero-order valence-electron chi connectivity index (χ0n) is 13.6. The molecule has 0 fully saturated rings. The van der Waals surface area contributed by atoms with Crippen LogP contribution in [0.15, 0.2) is 53.7 Å². The number of carbonyl (C=O) groups excluding carboxylic acids is 1. The van der Waals surface area contributed by atoms with Gasteiger partial charge in [-0.2, -0.15) is 9.94 Å². The summed E-state index contributed by atoms with van der Waals surface area (Å²) < 4.78 is 14.8. The van der Waals surface area contributed by atoms with Gasteiger partial charge in [0.25, 0.3) is 0 Å². The number of thioether (sulfide) groups is 1. The number of aromatic nitrogens is 4. The van der Waals surface area contributed by atoms with Gasteiger partial charge in [0.1, 0.15) is 5.82 Å². The molecule has 3 rings (SSSR count). The largest absolute Gasteiger partial charge is 0.325 e. The maximum atomic E-state index is 13.4. The maximum absolute atomic E-state index is 13.4. The Morgan fingerprint density at radius 1 is 1.31 bits per heavy atom. The standard InChI is InChI=1S/C17H13FN6OS/c1-11(16(25)20-14-7-5-12(10-19)6-8-14)26-17-21-22-23-24(17)15-4-2-3-13(18)9-15/h2-9,11H,1H3,(H,20,25)/t11-/m0/s1. The average molecular weight is 368 g/mol. The number of benzene rings is 2. The van der Waals surface area contributed by atoms with Crippen molar-refractivity contribution in [3.05, 3.63) is 59.9 Å². The van der Waals surface area contributed by atoms with Gasteiger partial charge in [0.05, 0.1) is 22.6 Å². The summed E-state index contributed by atoms with van der Waals surface area (Å²) >= 11 is 1.15. The molecule has 9 heteroatoms. The molecule has 7 nitrogen and oxygen atoms in total. The van der Waals surface area contributed by atoms with Crippen molar-refractivity contribution >= 4 is 23.4 Å². The smallest absolute Gasteiger partial charge is 0.237 e. The van der Waals surface area contributed by atoms with Gasteiger partial charge in [0, 0.05) is 5.69 Å². The van der Waals surface area contributed by atoms with Crippen molar-refractivity contribution in [2.24, 2.45) is 0 Å². The summed E-state index contributed by atoms with van der Waals surface area (Å²) in [5.74, 6) is -0.644. The van der Waals surface area contributed by atoms with Crippen LogP contribution in [0, 0.1) is 17.1 Å². The number of rotatable bonds is 5. The number of hydrogen-bond donors (Lipinski definition) is 1. The van der Waals surface area contributed by atoms with E-state index in [0.29, 0.717) is 22.1 Å². The fourth-order valence-corrected chi connectivity index (χ4v) is 2.91. The molecule has 1 heterocycles. The first-order valence-electron chi connectivity index (χ1n) is 7.59. The third-order valence-corrected chi connectivity index (χ3v) is 4.46. The van der Waals surface area contributed by atoms with Crippen LogP contribution < -0.4 is 5.32 Å². The highest BCUT2D eigenvalue weighted by Crippen LogP contribution is 2.24. The minimum absolute atomic E-state index is 0.242. The number of nitriles is 1. The quantitative estimate of drug-likeness (QED) is 0.696. The van der Waals surface area contributed by atoms with Gasteiger partial charge in [-0.25, -0.2) is 4.39 Å². The molecule has 26 heavy (non-hydrogen) atoms.